The predicted molar refractivity (Wildman–Crippen MR) is 157 cm³/mol. The minimum absolute atomic E-state index is 0.118. The zero-order chi connectivity index (χ0) is 28.2. The van der Waals surface area contributed by atoms with Gasteiger partial charge in [0.05, 0.1) is 31.0 Å². The van der Waals surface area contributed by atoms with Gasteiger partial charge in [-0.3, -0.25) is 15.1 Å². The molecule has 0 spiro atoms. The molecule has 1 atom stereocenters. The number of rotatable bonds is 9. The number of amides is 1. The summed E-state index contributed by atoms with van der Waals surface area (Å²) in [5.41, 5.74) is 9.18. The third-order valence-electron chi connectivity index (χ3n) is 7.70. The lowest BCUT2D eigenvalue weighted by molar-refractivity contribution is -0.0779. The average molecular weight is 562 g/mol. The second-order valence-corrected chi connectivity index (χ2v) is 11.2. The summed E-state index contributed by atoms with van der Waals surface area (Å²) in [6, 6.07) is 16.4. The molecule has 3 aromatic rings. The molecule has 2 aromatic carbocycles. The second-order valence-electron chi connectivity index (χ2n) is 10.8. The number of nitrogen functional groups attached to an aromatic ring is 1. The van der Waals surface area contributed by atoms with Crippen LogP contribution in [-0.2, 0) is 4.74 Å². The summed E-state index contributed by atoms with van der Waals surface area (Å²) in [6.07, 6.45) is 3.66. The Balaban J connectivity index is 1.24. The van der Waals surface area contributed by atoms with Gasteiger partial charge in [0.1, 0.15) is 6.10 Å². The van der Waals surface area contributed by atoms with Gasteiger partial charge >= 0.3 is 0 Å². The molecule has 2 aliphatic heterocycles. The van der Waals surface area contributed by atoms with Gasteiger partial charge in [-0.05, 0) is 54.7 Å². The number of hydrogen-bond acceptors (Lipinski definition) is 7. The average Bonchev–Trinajstić information content (AvgIpc) is 2.92. The van der Waals surface area contributed by atoms with Crippen LogP contribution in [0.25, 0.3) is 0 Å². The number of piperidine rings is 1. The quantitative estimate of drug-likeness (QED) is 0.247. The summed E-state index contributed by atoms with van der Waals surface area (Å²) in [5, 5.41) is 12.5. The summed E-state index contributed by atoms with van der Waals surface area (Å²) < 4.78 is 11.4. The van der Waals surface area contributed by atoms with E-state index >= 15 is 0 Å². The van der Waals surface area contributed by atoms with Crippen molar-refractivity contribution in [3.8, 4) is 5.88 Å². The fraction of sp³-hybridized carbons (Fsp3) is 0.387. The molecule has 0 radical (unpaired) electrons. The first-order chi connectivity index (χ1) is 19.3. The van der Waals surface area contributed by atoms with Crippen LogP contribution in [0.4, 0.5) is 5.69 Å². The summed E-state index contributed by atoms with van der Waals surface area (Å²) in [7, 11) is 0. The molecule has 0 unspecified atom stereocenters. The van der Waals surface area contributed by atoms with Gasteiger partial charge in [0.25, 0.3) is 5.91 Å². The first-order valence-corrected chi connectivity index (χ1v) is 14.2. The van der Waals surface area contributed by atoms with E-state index in [0.29, 0.717) is 39.3 Å². The van der Waals surface area contributed by atoms with Crippen LogP contribution in [0.15, 0.2) is 60.8 Å². The van der Waals surface area contributed by atoms with Gasteiger partial charge in [0.15, 0.2) is 0 Å². The summed E-state index contributed by atoms with van der Waals surface area (Å²) in [6.45, 7) is 7.74. The molecule has 2 aliphatic rings. The van der Waals surface area contributed by atoms with Gasteiger partial charge in [-0.2, -0.15) is 0 Å². The van der Waals surface area contributed by atoms with Crippen molar-refractivity contribution in [1.82, 2.24) is 15.2 Å². The van der Waals surface area contributed by atoms with E-state index in [9.17, 15) is 4.79 Å². The van der Waals surface area contributed by atoms with E-state index in [1.54, 1.807) is 30.5 Å². The van der Waals surface area contributed by atoms with E-state index in [2.05, 4.69) is 15.2 Å². The van der Waals surface area contributed by atoms with Gasteiger partial charge in [0.2, 0.25) is 5.88 Å². The molecule has 2 saturated heterocycles. The Labute approximate surface area is 240 Å². The standard InChI is InChI=1S/C31H36ClN5O3/c1-19(2)30(24-5-3-4-6-26(24)32)36-31(38)20-7-9-27(33)25(15-20)29(34)21-8-10-28(35-16-21)40-23-11-13-37(14-12-23)22-17-39-18-22/h3-10,15-16,19,22-23,30,34H,11-14,17-18,33H2,1-2H3,(H,36,38)/t30-/m0/s1. The Morgan fingerprint density at radius 3 is 2.48 bits per heavy atom. The number of nitrogens with one attached hydrogen (secondary N) is 2. The fourth-order valence-corrected chi connectivity index (χ4v) is 5.44. The highest BCUT2D eigenvalue weighted by Gasteiger charge is 2.30. The van der Waals surface area contributed by atoms with Gasteiger partial charge < -0.3 is 20.5 Å². The molecule has 2 fully saturated rings. The van der Waals surface area contributed by atoms with E-state index in [-0.39, 0.29) is 29.7 Å². The number of anilines is 1. The normalized spacial score (nSPS) is 17.3. The van der Waals surface area contributed by atoms with E-state index in [1.165, 1.54) is 0 Å². The number of hydrogen-bond donors (Lipinski definition) is 3. The molecule has 0 bridgehead atoms. The van der Waals surface area contributed by atoms with Crippen LogP contribution in [-0.4, -0.2) is 60.0 Å². The minimum atomic E-state index is -0.266. The largest absolute Gasteiger partial charge is 0.474 e. The monoisotopic (exact) mass is 561 g/mol. The Kier molecular flexibility index (Phi) is 8.69. The van der Waals surface area contributed by atoms with Crippen LogP contribution in [0.1, 0.15) is 59.8 Å². The number of halogens is 1. The number of benzene rings is 2. The molecule has 1 aromatic heterocycles. The van der Waals surface area contributed by atoms with Crippen molar-refractivity contribution >= 4 is 28.9 Å². The van der Waals surface area contributed by atoms with Gasteiger partial charge in [-0.25, -0.2) is 4.98 Å². The molecular formula is C31H36ClN5O3. The molecule has 9 heteroatoms. The third kappa shape index (κ3) is 6.30. The maximum atomic E-state index is 13.3. The van der Waals surface area contributed by atoms with Crippen LogP contribution in [0, 0.1) is 11.3 Å². The molecule has 0 aliphatic carbocycles. The summed E-state index contributed by atoms with van der Waals surface area (Å²) in [4.78, 5) is 20.2. The molecule has 210 valence electrons. The molecule has 40 heavy (non-hydrogen) atoms. The highest BCUT2D eigenvalue weighted by molar-refractivity contribution is 6.31. The molecule has 4 N–H and O–H groups in total. The number of carbonyl (C=O) groups excluding carboxylic acids is 1. The molecule has 3 heterocycles. The van der Waals surface area contributed by atoms with Crippen molar-refractivity contribution in [3.05, 3.63) is 88.1 Å². The third-order valence-corrected chi connectivity index (χ3v) is 8.05. The number of carbonyl (C=O) groups is 1. The zero-order valence-corrected chi connectivity index (χ0v) is 23.7. The number of ether oxygens (including phenoxy) is 2. The second kappa shape index (κ2) is 12.4. The minimum Gasteiger partial charge on any atom is -0.474 e. The lowest BCUT2D eigenvalue weighted by atomic mass is 9.95. The molecule has 1 amide bonds. The van der Waals surface area contributed by atoms with Crippen molar-refractivity contribution < 1.29 is 14.3 Å². The van der Waals surface area contributed by atoms with Crippen LogP contribution < -0.4 is 15.8 Å². The molecule has 8 nitrogen and oxygen atoms in total. The smallest absolute Gasteiger partial charge is 0.251 e. The number of likely N-dealkylation sites (tertiary alicyclic amines) is 1. The Morgan fingerprint density at radius 1 is 1.12 bits per heavy atom. The topological polar surface area (TPSA) is 114 Å². The van der Waals surface area contributed by atoms with Crippen LogP contribution in [0.2, 0.25) is 5.02 Å². The Bertz CT molecular complexity index is 1350. The first kappa shape index (κ1) is 28.1. The molecule has 5 rings (SSSR count). The summed E-state index contributed by atoms with van der Waals surface area (Å²) >= 11 is 6.42. The maximum Gasteiger partial charge on any atom is 0.251 e. The molecular weight excluding hydrogens is 526 g/mol. The number of pyridine rings is 1. The number of nitrogens with two attached hydrogens (primary N) is 1. The first-order valence-electron chi connectivity index (χ1n) is 13.8. The van der Waals surface area contributed by atoms with Gasteiger partial charge in [0, 0.05) is 52.8 Å². The van der Waals surface area contributed by atoms with Crippen molar-refractivity contribution in [2.75, 3.05) is 32.0 Å². The van der Waals surface area contributed by atoms with Crippen LogP contribution >= 0.6 is 11.6 Å². The maximum absolute atomic E-state index is 13.3. The summed E-state index contributed by atoms with van der Waals surface area (Å²) in [5.74, 6) is 0.403. The lowest BCUT2D eigenvalue weighted by Crippen LogP contribution is -2.52. The number of aromatic nitrogens is 1. The van der Waals surface area contributed by atoms with Gasteiger partial charge in [-0.15, -0.1) is 0 Å². The zero-order valence-electron chi connectivity index (χ0n) is 22.9. The van der Waals surface area contributed by atoms with Crippen molar-refractivity contribution in [1.29, 1.82) is 5.41 Å². The highest BCUT2D eigenvalue weighted by Crippen LogP contribution is 2.29. The molecule has 0 saturated carbocycles. The Hall–Kier alpha value is -3.46. The Morgan fingerprint density at radius 2 is 1.85 bits per heavy atom. The number of nitrogens with zero attached hydrogens (tertiary/aromatic N) is 2. The van der Waals surface area contributed by atoms with Gasteiger partial charge in [-0.1, -0.05) is 43.6 Å². The SMILES string of the molecule is CC(C)[C@H](NC(=O)c1ccc(N)c(C(=N)c2ccc(OC3CCN(C4COC4)CC3)nc2)c1)c1ccccc1Cl. The lowest BCUT2D eigenvalue weighted by Gasteiger charge is -2.41. The fourth-order valence-electron chi connectivity index (χ4n) is 5.19. The van der Waals surface area contributed by atoms with Crippen molar-refractivity contribution in [2.45, 2.75) is 44.9 Å². The van der Waals surface area contributed by atoms with E-state index in [4.69, 9.17) is 32.2 Å². The van der Waals surface area contributed by atoms with E-state index in [1.807, 2.05) is 44.2 Å². The van der Waals surface area contributed by atoms with Crippen molar-refractivity contribution in [2.24, 2.45) is 5.92 Å². The van der Waals surface area contributed by atoms with Crippen molar-refractivity contribution in [3.63, 3.8) is 0 Å². The van der Waals surface area contributed by atoms with E-state index < -0.39 is 0 Å². The van der Waals surface area contributed by atoms with Crippen LogP contribution in [0.5, 0.6) is 5.88 Å². The predicted octanol–water partition coefficient (Wildman–Crippen LogP) is 5.10. The highest BCUT2D eigenvalue weighted by atomic mass is 35.5. The van der Waals surface area contributed by atoms with E-state index in [0.717, 1.165) is 44.7 Å². The van der Waals surface area contributed by atoms with Crippen LogP contribution in [0.3, 0.4) is 0 Å².